The summed E-state index contributed by atoms with van der Waals surface area (Å²) in [6.07, 6.45) is 0. The molecule has 0 fully saturated rings. The molecule has 3 heteroatoms. The zero-order chi connectivity index (χ0) is 32.1. The number of hydrogen-bond donors (Lipinski definition) is 0. The standard InChI is InChI=1S/C46H28N2O/c1-2-11-32(12-3-1)48-43-20-9-6-15-39(43)44-40-17-10-16-36(45(40)49-46(44)48)30-23-25-34-29(27-30)21-22-31-28-33(24-26-35(31)34)47-41-18-7-4-13-37(41)38-14-5-8-19-42(38)47/h1-28H. The minimum absolute atomic E-state index is 0.876. The van der Waals surface area contributed by atoms with Crippen LogP contribution in [-0.2, 0) is 0 Å². The molecule has 0 aliphatic rings. The van der Waals surface area contributed by atoms with Crippen molar-refractivity contribution in [3.8, 4) is 22.5 Å². The third-order valence-electron chi connectivity index (χ3n) is 10.3. The van der Waals surface area contributed by atoms with E-state index in [-0.39, 0.29) is 0 Å². The Morgan fingerprint density at radius 2 is 0.959 bits per heavy atom. The van der Waals surface area contributed by atoms with Gasteiger partial charge in [0.25, 0.3) is 0 Å². The first-order valence-corrected chi connectivity index (χ1v) is 16.8. The number of hydrogen-bond acceptors (Lipinski definition) is 1. The maximum atomic E-state index is 6.86. The summed E-state index contributed by atoms with van der Waals surface area (Å²) in [5, 5.41) is 11.0. The van der Waals surface area contributed by atoms with Crippen LogP contribution in [0.3, 0.4) is 0 Å². The molecule has 3 nitrogen and oxygen atoms in total. The third kappa shape index (κ3) is 3.73. The van der Waals surface area contributed by atoms with Gasteiger partial charge in [-0.1, -0.05) is 121 Å². The van der Waals surface area contributed by atoms with Crippen molar-refractivity contribution < 1.29 is 4.42 Å². The molecule has 0 N–H and O–H groups in total. The number of aromatic nitrogens is 2. The Morgan fingerprint density at radius 3 is 1.69 bits per heavy atom. The highest BCUT2D eigenvalue weighted by Crippen LogP contribution is 2.43. The fourth-order valence-corrected chi connectivity index (χ4v) is 8.14. The van der Waals surface area contributed by atoms with Crippen molar-refractivity contribution >= 4 is 76.3 Å². The Labute approximate surface area is 281 Å². The SMILES string of the molecule is c1ccc(-n2c3ccccc3c3c4cccc(-c5ccc6c(ccc7cc(-n8c9ccccc9c9ccccc98)ccc76)c5)c4oc32)cc1. The molecule has 0 aliphatic carbocycles. The van der Waals surface area contributed by atoms with E-state index in [1.807, 2.05) is 0 Å². The first kappa shape index (κ1) is 26.5. The highest BCUT2D eigenvalue weighted by Gasteiger charge is 2.21. The summed E-state index contributed by atoms with van der Waals surface area (Å²) in [6.45, 7) is 0. The Morgan fingerprint density at radius 1 is 0.367 bits per heavy atom. The molecule has 0 amide bonds. The van der Waals surface area contributed by atoms with Gasteiger partial charge in [0.05, 0.1) is 21.9 Å². The Balaban J connectivity index is 1.07. The Kier molecular flexibility index (Phi) is 5.38. The number of nitrogens with zero attached hydrogens (tertiary/aromatic N) is 2. The lowest BCUT2D eigenvalue weighted by molar-refractivity contribution is 0.646. The highest BCUT2D eigenvalue weighted by molar-refractivity contribution is 6.22. The van der Waals surface area contributed by atoms with Gasteiger partial charge in [-0.05, 0) is 75.6 Å². The molecule has 11 aromatic rings. The maximum absolute atomic E-state index is 6.86. The fraction of sp³-hybridized carbons (Fsp3) is 0. The van der Waals surface area contributed by atoms with E-state index in [1.54, 1.807) is 0 Å². The lowest BCUT2D eigenvalue weighted by Crippen LogP contribution is -1.93. The quantitative estimate of drug-likeness (QED) is 0.179. The molecule has 0 saturated carbocycles. The van der Waals surface area contributed by atoms with E-state index < -0.39 is 0 Å². The van der Waals surface area contributed by atoms with Gasteiger partial charge >= 0.3 is 0 Å². The summed E-state index contributed by atoms with van der Waals surface area (Å²) < 4.78 is 11.5. The van der Waals surface area contributed by atoms with E-state index in [2.05, 4.69) is 179 Å². The van der Waals surface area contributed by atoms with E-state index in [1.165, 1.54) is 54.4 Å². The van der Waals surface area contributed by atoms with Crippen LogP contribution in [0, 0.1) is 0 Å². The molecule has 0 aliphatic heterocycles. The van der Waals surface area contributed by atoms with Crippen molar-refractivity contribution in [3.05, 3.63) is 170 Å². The fourth-order valence-electron chi connectivity index (χ4n) is 8.14. The van der Waals surface area contributed by atoms with Crippen molar-refractivity contribution in [3.63, 3.8) is 0 Å². The smallest absolute Gasteiger partial charge is 0.213 e. The zero-order valence-corrected chi connectivity index (χ0v) is 26.5. The van der Waals surface area contributed by atoms with E-state index >= 15 is 0 Å². The first-order chi connectivity index (χ1) is 24.3. The van der Waals surface area contributed by atoms with Gasteiger partial charge in [0.2, 0.25) is 5.71 Å². The van der Waals surface area contributed by atoms with E-state index in [0.29, 0.717) is 0 Å². The lowest BCUT2D eigenvalue weighted by atomic mass is 9.96. The van der Waals surface area contributed by atoms with Gasteiger partial charge < -0.3 is 8.98 Å². The minimum Gasteiger partial charge on any atom is -0.438 e. The van der Waals surface area contributed by atoms with Crippen LogP contribution in [0.1, 0.15) is 0 Å². The molecule has 3 aromatic heterocycles. The van der Waals surface area contributed by atoms with Gasteiger partial charge in [0, 0.05) is 38.5 Å². The van der Waals surface area contributed by atoms with Gasteiger partial charge in [-0.25, -0.2) is 0 Å². The van der Waals surface area contributed by atoms with Crippen LogP contribution in [0.4, 0.5) is 0 Å². The molecule has 0 bridgehead atoms. The number of furan rings is 1. The Hall–Kier alpha value is -6.58. The summed E-state index contributed by atoms with van der Waals surface area (Å²) in [6, 6.07) is 61.2. The van der Waals surface area contributed by atoms with Crippen LogP contribution >= 0.6 is 0 Å². The van der Waals surface area contributed by atoms with Crippen LogP contribution < -0.4 is 0 Å². The largest absolute Gasteiger partial charge is 0.438 e. The molecular weight excluding hydrogens is 597 g/mol. The van der Waals surface area contributed by atoms with Crippen molar-refractivity contribution in [1.29, 1.82) is 0 Å². The average molecular weight is 625 g/mol. The molecule has 0 atom stereocenters. The van der Waals surface area contributed by atoms with E-state index in [4.69, 9.17) is 4.42 Å². The van der Waals surface area contributed by atoms with Gasteiger partial charge in [-0.2, -0.15) is 0 Å². The summed E-state index contributed by atoms with van der Waals surface area (Å²) in [4.78, 5) is 0. The predicted molar refractivity (Wildman–Crippen MR) is 205 cm³/mol. The molecule has 0 radical (unpaired) electrons. The number of fused-ring (bicyclic) bond motifs is 11. The summed E-state index contributed by atoms with van der Waals surface area (Å²) >= 11 is 0. The van der Waals surface area contributed by atoms with E-state index in [0.717, 1.165) is 44.4 Å². The van der Waals surface area contributed by atoms with Gasteiger partial charge in [-0.3, -0.25) is 4.57 Å². The molecule has 0 saturated heterocycles. The minimum atomic E-state index is 0.876. The van der Waals surface area contributed by atoms with Crippen molar-refractivity contribution in [2.24, 2.45) is 0 Å². The second-order valence-corrected chi connectivity index (χ2v) is 12.9. The lowest BCUT2D eigenvalue weighted by Gasteiger charge is -2.12. The first-order valence-electron chi connectivity index (χ1n) is 16.8. The topological polar surface area (TPSA) is 23.0 Å². The molecule has 0 spiro atoms. The summed E-state index contributed by atoms with van der Waals surface area (Å²) in [5.41, 5.74) is 9.89. The van der Waals surface area contributed by atoms with Gasteiger partial charge in [0.15, 0.2) is 0 Å². The highest BCUT2D eigenvalue weighted by atomic mass is 16.3. The monoisotopic (exact) mass is 624 g/mol. The number of para-hydroxylation sites is 5. The maximum Gasteiger partial charge on any atom is 0.213 e. The predicted octanol–water partition coefficient (Wildman–Crippen LogP) is 12.6. The Bertz CT molecular complexity index is 3050. The second kappa shape index (κ2) is 9.96. The summed E-state index contributed by atoms with van der Waals surface area (Å²) in [5.74, 6) is 0. The summed E-state index contributed by atoms with van der Waals surface area (Å²) in [7, 11) is 0. The molecule has 3 heterocycles. The van der Waals surface area contributed by atoms with Crippen molar-refractivity contribution in [2.45, 2.75) is 0 Å². The van der Waals surface area contributed by atoms with Crippen LogP contribution in [0.25, 0.3) is 98.8 Å². The van der Waals surface area contributed by atoms with Gasteiger partial charge in [-0.15, -0.1) is 0 Å². The van der Waals surface area contributed by atoms with Crippen molar-refractivity contribution in [1.82, 2.24) is 9.13 Å². The second-order valence-electron chi connectivity index (χ2n) is 12.9. The molecule has 228 valence electrons. The van der Waals surface area contributed by atoms with Crippen molar-refractivity contribution in [2.75, 3.05) is 0 Å². The zero-order valence-electron chi connectivity index (χ0n) is 26.5. The molecule has 8 aromatic carbocycles. The molecular formula is C46H28N2O. The van der Waals surface area contributed by atoms with Crippen LogP contribution in [0.5, 0.6) is 0 Å². The molecule has 11 rings (SSSR count). The molecule has 0 unspecified atom stereocenters. The normalized spacial score (nSPS) is 12.1. The number of benzene rings is 8. The van der Waals surface area contributed by atoms with E-state index in [9.17, 15) is 0 Å². The van der Waals surface area contributed by atoms with Crippen LogP contribution in [0.15, 0.2) is 174 Å². The number of rotatable bonds is 3. The average Bonchev–Trinajstić information content (AvgIpc) is 3.82. The molecule has 49 heavy (non-hydrogen) atoms. The van der Waals surface area contributed by atoms with Crippen LogP contribution in [-0.4, -0.2) is 9.13 Å². The van der Waals surface area contributed by atoms with Crippen LogP contribution in [0.2, 0.25) is 0 Å². The third-order valence-corrected chi connectivity index (χ3v) is 10.3. The van der Waals surface area contributed by atoms with Gasteiger partial charge in [0.1, 0.15) is 5.58 Å².